The van der Waals surface area contributed by atoms with Gasteiger partial charge in [0.2, 0.25) is 0 Å². The molecule has 2 aromatic heterocycles. The molecular formula is C22H22N2O4S. The Bertz CT molecular complexity index is 1060. The highest BCUT2D eigenvalue weighted by molar-refractivity contribution is 7.12. The first-order valence-corrected chi connectivity index (χ1v) is 10.2. The minimum atomic E-state index is -0.979. The van der Waals surface area contributed by atoms with Crippen molar-refractivity contribution in [3.05, 3.63) is 64.2 Å². The average molecular weight is 410 g/mol. The van der Waals surface area contributed by atoms with Crippen molar-refractivity contribution in [3.63, 3.8) is 0 Å². The molecule has 0 saturated heterocycles. The van der Waals surface area contributed by atoms with Gasteiger partial charge in [-0.3, -0.25) is 4.57 Å². The van der Waals surface area contributed by atoms with Crippen LogP contribution in [0.3, 0.4) is 0 Å². The molecule has 0 saturated carbocycles. The van der Waals surface area contributed by atoms with Crippen molar-refractivity contribution in [2.24, 2.45) is 0 Å². The number of aryl methyl sites for hydroxylation is 1. The Morgan fingerprint density at radius 3 is 2.48 bits per heavy atom. The van der Waals surface area contributed by atoms with E-state index < -0.39 is 11.9 Å². The van der Waals surface area contributed by atoms with Gasteiger partial charge in [-0.25, -0.2) is 14.6 Å². The van der Waals surface area contributed by atoms with Crippen LogP contribution in [0.5, 0.6) is 0 Å². The first-order chi connectivity index (χ1) is 14.0. The average Bonchev–Trinajstić information content (AvgIpc) is 3.33. The number of aromatic carboxylic acids is 1. The minimum Gasteiger partial charge on any atom is -0.478 e. The number of aromatic nitrogens is 2. The lowest BCUT2D eigenvalue weighted by molar-refractivity contribution is -0.130. The zero-order chi connectivity index (χ0) is 21.0. The summed E-state index contributed by atoms with van der Waals surface area (Å²) >= 11 is 1.37. The SMILES string of the molecule is CC=C(C(=O)O)c1sccc1-c1cnc(CCCC)n1-c1ccc(C(=O)O)cc1. The van der Waals surface area contributed by atoms with Crippen LogP contribution in [-0.2, 0) is 11.2 Å². The summed E-state index contributed by atoms with van der Waals surface area (Å²) in [6, 6.07) is 8.53. The summed E-state index contributed by atoms with van der Waals surface area (Å²) in [7, 11) is 0. The number of aliphatic carboxylic acids is 1. The third-order valence-corrected chi connectivity index (χ3v) is 5.61. The number of carboxylic acids is 2. The van der Waals surface area contributed by atoms with Crippen molar-refractivity contribution in [1.82, 2.24) is 9.55 Å². The van der Waals surface area contributed by atoms with E-state index in [1.165, 1.54) is 11.3 Å². The maximum atomic E-state index is 11.7. The normalized spacial score (nSPS) is 11.6. The molecule has 0 radical (unpaired) electrons. The fraction of sp³-hybridized carbons (Fsp3) is 0.227. The number of carbonyl (C=O) groups is 2. The van der Waals surface area contributed by atoms with E-state index in [2.05, 4.69) is 11.9 Å². The van der Waals surface area contributed by atoms with Crippen LogP contribution in [0, 0.1) is 0 Å². The van der Waals surface area contributed by atoms with Crippen molar-refractivity contribution in [2.45, 2.75) is 33.1 Å². The predicted octanol–water partition coefficient (Wildman–Crippen LogP) is 5.13. The molecule has 7 heteroatoms. The highest BCUT2D eigenvalue weighted by Gasteiger charge is 2.21. The number of nitrogens with zero attached hydrogens (tertiary/aromatic N) is 2. The molecule has 2 N–H and O–H groups in total. The number of allylic oxidation sites excluding steroid dienone is 1. The standard InChI is InChI=1S/C22H22N2O4S/c1-3-5-6-19-23-13-18(17-11-12-29-20(17)16(4-2)22(27)28)24(19)15-9-7-14(8-10-15)21(25)26/h4,7-13H,3,5-6H2,1-2H3,(H,25,26)(H,27,28). The molecule has 0 amide bonds. The summed E-state index contributed by atoms with van der Waals surface area (Å²) in [5.41, 5.74) is 2.84. The number of hydrogen-bond donors (Lipinski definition) is 2. The van der Waals surface area contributed by atoms with Crippen LogP contribution >= 0.6 is 11.3 Å². The molecule has 0 fully saturated rings. The Labute approximate surface area is 172 Å². The molecule has 0 aliphatic rings. The Kier molecular flexibility index (Phi) is 6.29. The molecular weight excluding hydrogens is 388 g/mol. The molecule has 0 aliphatic heterocycles. The minimum absolute atomic E-state index is 0.212. The second-order valence-electron chi connectivity index (χ2n) is 6.52. The molecule has 0 spiro atoms. The first-order valence-electron chi connectivity index (χ1n) is 9.36. The van der Waals surface area contributed by atoms with Crippen LogP contribution in [0.2, 0.25) is 0 Å². The first kappa shape index (κ1) is 20.5. The largest absolute Gasteiger partial charge is 0.478 e. The zero-order valence-electron chi connectivity index (χ0n) is 16.3. The third-order valence-electron chi connectivity index (χ3n) is 4.67. The van der Waals surface area contributed by atoms with Gasteiger partial charge in [-0.05, 0) is 49.1 Å². The second kappa shape index (κ2) is 8.87. The molecule has 0 aliphatic carbocycles. The number of unbranched alkanes of at least 4 members (excludes halogenated alkanes) is 1. The molecule has 29 heavy (non-hydrogen) atoms. The number of benzene rings is 1. The van der Waals surface area contributed by atoms with E-state index in [4.69, 9.17) is 0 Å². The Hall–Kier alpha value is -3.19. The molecule has 1 aromatic carbocycles. The fourth-order valence-corrected chi connectivity index (χ4v) is 4.18. The summed E-state index contributed by atoms with van der Waals surface area (Å²) in [5.74, 6) is -1.09. The van der Waals surface area contributed by atoms with Gasteiger partial charge in [0.1, 0.15) is 5.82 Å². The van der Waals surface area contributed by atoms with Crippen LogP contribution in [0.1, 0.15) is 47.7 Å². The van der Waals surface area contributed by atoms with Crippen LogP contribution in [0.25, 0.3) is 22.5 Å². The van der Waals surface area contributed by atoms with E-state index >= 15 is 0 Å². The van der Waals surface area contributed by atoms with Crippen molar-refractivity contribution >= 4 is 28.8 Å². The highest BCUT2D eigenvalue weighted by Crippen LogP contribution is 2.36. The van der Waals surface area contributed by atoms with Crippen molar-refractivity contribution in [1.29, 1.82) is 0 Å². The summed E-state index contributed by atoms with van der Waals surface area (Å²) in [6.07, 6.45) is 6.11. The van der Waals surface area contributed by atoms with Crippen molar-refractivity contribution in [2.75, 3.05) is 0 Å². The molecule has 0 bridgehead atoms. The summed E-state index contributed by atoms with van der Waals surface area (Å²) in [6.45, 7) is 3.82. The van der Waals surface area contributed by atoms with Crippen LogP contribution in [0.15, 0.2) is 48.0 Å². The fourth-order valence-electron chi connectivity index (χ4n) is 3.20. The Morgan fingerprint density at radius 2 is 1.90 bits per heavy atom. The highest BCUT2D eigenvalue weighted by atomic mass is 32.1. The monoisotopic (exact) mass is 410 g/mol. The topological polar surface area (TPSA) is 92.4 Å². The van der Waals surface area contributed by atoms with Crippen molar-refractivity contribution < 1.29 is 19.8 Å². The lowest BCUT2D eigenvalue weighted by Crippen LogP contribution is -2.05. The second-order valence-corrected chi connectivity index (χ2v) is 7.44. The zero-order valence-corrected chi connectivity index (χ0v) is 17.1. The van der Waals surface area contributed by atoms with E-state index in [1.54, 1.807) is 43.5 Å². The van der Waals surface area contributed by atoms with Crippen LogP contribution in [-0.4, -0.2) is 31.7 Å². The Morgan fingerprint density at radius 1 is 1.17 bits per heavy atom. The number of imidazole rings is 1. The number of carboxylic acid groups (broad SMARTS) is 2. The van der Waals surface area contributed by atoms with Crippen molar-refractivity contribution in [3.8, 4) is 16.9 Å². The maximum absolute atomic E-state index is 11.7. The Balaban J connectivity index is 2.17. The number of thiophene rings is 1. The summed E-state index contributed by atoms with van der Waals surface area (Å²) < 4.78 is 1.99. The van der Waals surface area contributed by atoms with Gasteiger partial charge in [0, 0.05) is 17.7 Å². The van der Waals surface area contributed by atoms with Gasteiger partial charge in [-0.1, -0.05) is 19.4 Å². The third kappa shape index (κ3) is 4.14. The smallest absolute Gasteiger partial charge is 0.336 e. The lowest BCUT2D eigenvalue weighted by atomic mass is 10.1. The molecule has 6 nitrogen and oxygen atoms in total. The quantitative estimate of drug-likeness (QED) is 0.502. The van der Waals surface area contributed by atoms with Gasteiger partial charge in [0.25, 0.3) is 0 Å². The summed E-state index contributed by atoms with van der Waals surface area (Å²) in [4.78, 5) is 28.1. The number of rotatable bonds is 8. The van der Waals surface area contributed by atoms with Crippen LogP contribution < -0.4 is 0 Å². The predicted molar refractivity (Wildman–Crippen MR) is 114 cm³/mol. The van der Waals surface area contributed by atoms with Gasteiger partial charge in [-0.15, -0.1) is 11.3 Å². The van der Waals surface area contributed by atoms with Gasteiger partial charge >= 0.3 is 11.9 Å². The maximum Gasteiger partial charge on any atom is 0.336 e. The molecule has 0 atom stereocenters. The molecule has 3 rings (SSSR count). The molecule has 0 unspecified atom stereocenters. The number of hydrogen-bond acceptors (Lipinski definition) is 4. The van der Waals surface area contributed by atoms with E-state index in [1.807, 2.05) is 16.0 Å². The van der Waals surface area contributed by atoms with E-state index in [0.29, 0.717) is 4.88 Å². The van der Waals surface area contributed by atoms with E-state index in [0.717, 1.165) is 42.0 Å². The van der Waals surface area contributed by atoms with E-state index in [9.17, 15) is 19.8 Å². The molecule has 3 aromatic rings. The molecule has 150 valence electrons. The van der Waals surface area contributed by atoms with Gasteiger partial charge in [-0.2, -0.15) is 0 Å². The molecule has 2 heterocycles. The van der Waals surface area contributed by atoms with Gasteiger partial charge in [0.05, 0.1) is 27.9 Å². The summed E-state index contributed by atoms with van der Waals surface area (Å²) in [5, 5.41) is 20.6. The lowest BCUT2D eigenvalue weighted by Gasteiger charge is -2.13. The van der Waals surface area contributed by atoms with Crippen LogP contribution in [0.4, 0.5) is 0 Å². The van der Waals surface area contributed by atoms with Gasteiger partial charge in [0.15, 0.2) is 0 Å². The van der Waals surface area contributed by atoms with E-state index in [-0.39, 0.29) is 11.1 Å². The van der Waals surface area contributed by atoms with Gasteiger partial charge < -0.3 is 10.2 Å².